The maximum atomic E-state index is 14.3. The summed E-state index contributed by atoms with van der Waals surface area (Å²) in [6.45, 7) is 4.17. The van der Waals surface area contributed by atoms with Crippen LogP contribution in [-0.4, -0.2) is 46.6 Å². The highest BCUT2D eigenvalue weighted by atomic mass is 35.5. The second-order valence-electron chi connectivity index (χ2n) is 6.86. The summed E-state index contributed by atoms with van der Waals surface area (Å²) >= 11 is 5.86. The number of aromatic nitrogens is 2. The van der Waals surface area contributed by atoms with Crippen molar-refractivity contribution in [3.63, 3.8) is 0 Å². The maximum Gasteiger partial charge on any atom is 0.322 e. The van der Waals surface area contributed by atoms with Gasteiger partial charge in [-0.25, -0.2) is 19.2 Å². The molecule has 3 N–H and O–H groups in total. The minimum Gasteiger partial charge on any atom is -0.337 e. The largest absolute Gasteiger partial charge is 0.337 e. The predicted molar refractivity (Wildman–Crippen MR) is 112 cm³/mol. The van der Waals surface area contributed by atoms with Crippen molar-refractivity contribution in [2.75, 3.05) is 30.3 Å². The number of benzene rings is 2. The molecular formula is C20H20ClFN6O. The summed E-state index contributed by atoms with van der Waals surface area (Å²) in [6, 6.07) is 9.98. The number of rotatable bonds is 3. The molecule has 2 heterocycles. The Morgan fingerprint density at radius 2 is 2.17 bits per heavy atom. The Hall–Kier alpha value is -2.97. The molecule has 29 heavy (non-hydrogen) atoms. The fourth-order valence-corrected chi connectivity index (χ4v) is 3.47. The lowest BCUT2D eigenvalue weighted by Crippen LogP contribution is -2.53. The van der Waals surface area contributed by atoms with Gasteiger partial charge in [-0.05, 0) is 37.3 Å². The molecule has 0 aliphatic carbocycles. The standard InChI is InChI=1S/C20H20ClFN6O/c1-12-10-23-7-8-28(12)20(29)26-13-5-6-16-14(9-13)19(25-11-24-16)27-17-4-2-3-15(21)18(17)22/h2-6,9,11-12,23H,7-8,10H2,1H3,(H,26,29)(H,24,25,27)/t12-/m1/s1. The summed E-state index contributed by atoms with van der Waals surface area (Å²) in [5.41, 5.74) is 1.48. The van der Waals surface area contributed by atoms with Gasteiger partial charge >= 0.3 is 6.03 Å². The summed E-state index contributed by atoms with van der Waals surface area (Å²) in [7, 11) is 0. The monoisotopic (exact) mass is 414 g/mol. The Bertz CT molecular complexity index is 1060. The van der Waals surface area contributed by atoms with Crippen LogP contribution in [0.2, 0.25) is 5.02 Å². The van der Waals surface area contributed by atoms with Crippen molar-refractivity contribution in [3.05, 3.63) is 53.6 Å². The van der Waals surface area contributed by atoms with Crippen LogP contribution in [0, 0.1) is 5.82 Å². The van der Waals surface area contributed by atoms with Crippen molar-refractivity contribution in [1.29, 1.82) is 0 Å². The van der Waals surface area contributed by atoms with Crippen molar-refractivity contribution in [3.8, 4) is 0 Å². The van der Waals surface area contributed by atoms with Gasteiger partial charge in [-0.2, -0.15) is 0 Å². The van der Waals surface area contributed by atoms with Gasteiger partial charge in [0.1, 0.15) is 12.1 Å². The second kappa shape index (κ2) is 8.18. The Kier molecular flexibility index (Phi) is 5.46. The number of anilines is 3. The van der Waals surface area contributed by atoms with E-state index in [-0.39, 0.29) is 22.8 Å². The Labute approximate surface area is 172 Å². The van der Waals surface area contributed by atoms with Crippen LogP contribution in [0.5, 0.6) is 0 Å². The normalized spacial score (nSPS) is 16.7. The third-order valence-corrected chi connectivity index (χ3v) is 5.15. The van der Waals surface area contributed by atoms with Crippen molar-refractivity contribution in [2.24, 2.45) is 0 Å². The van der Waals surface area contributed by atoms with E-state index < -0.39 is 5.82 Å². The van der Waals surface area contributed by atoms with Crippen molar-refractivity contribution >= 4 is 45.7 Å². The number of halogens is 2. The van der Waals surface area contributed by atoms with Crippen LogP contribution >= 0.6 is 11.6 Å². The molecule has 1 fully saturated rings. The molecule has 0 unspecified atom stereocenters. The molecule has 7 nitrogen and oxygen atoms in total. The van der Waals surface area contributed by atoms with Crippen LogP contribution in [0.4, 0.5) is 26.4 Å². The molecule has 4 rings (SSSR count). The first-order chi connectivity index (χ1) is 14.0. The topological polar surface area (TPSA) is 82.2 Å². The quantitative estimate of drug-likeness (QED) is 0.603. The first-order valence-corrected chi connectivity index (χ1v) is 9.65. The summed E-state index contributed by atoms with van der Waals surface area (Å²) in [5.74, 6) is -0.138. The van der Waals surface area contributed by atoms with E-state index in [1.807, 2.05) is 6.92 Å². The molecule has 2 amide bonds. The summed E-state index contributed by atoms with van der Waals surface area (Å²) in [4.78, 5) is 22.9. The number of piperazine rings is 1. The van der Waals surface area contributed by atoms with E-state index in [9.17, 15) is 9.18 Å². The molecule has 1 aliphatic rings. The van der Waals surface area contributed by atoms with Crippen LogP contribution in [0.3, 0.4) is 0 Å². The number of nitrogens with one attached hydrogen (secondary N) is 3. The number of hydrogen-bond acceptors (Lipinski definition) is 5. The fraction of sp³-hybridized carbons (Fsp3) is 0.250. The maximum absolute atomic E-state index is 14.3. The van der Waals surface area contributed by atoms with Crippen LogP contribution in [0.1, 0.15) is 6.92 Å². The fourth-order valence-electron chi connectivity index (χ4n) is 3.30. The van der Waals surface area contributed by atoms with E-state index in [1.165, 1.54) is 12.4 Å². The highest BCUT2D eigenvalue weighted by molar-refractivity contribution is 6.31. The minimum atomic E-state index is -0.557. The van der Waals surface area contributed by atoms with Gasteiger partial charge in [-0.15, -0.1) is 0 Å². The third kappa shape index (κ3) is 4.08. The highest BCUT2D eigenvalue weighted by Crippen LogP contribution is 2.29. The van der Waals surface area contributed by atoms with Gasteiger partial charge in [0.25, 0.3) is 0 Å². The van der Waals surface area contributed by atoms with Gasteiger partial charge in [-0.1, -0.05) is 17.7 Å². The van der Waals surface area contributed by atoms with Gasteiger partial charge in [0, 0.05) is 36.7 Å². The zero-order valence-corrected chi connectivity index (χ0v) is 16.5. The zero-order chi connectivity index (χ0) is 20.4. The van der Waals surface area contributed by atoms with Crippen molar-refractivity contribution < 1.29 is 9.18 Å². The number of carbonyl (C=O) groups excluding carboxylic acids is 1. The summed E-state index contributed by atoms with van der Waals surface area (Å²) in [5, 5.41) is 9.82. The summed E-state index contributed by atoms with van der Waals surface area (Å²) in [6.07, 6.45) is 1.40. The number of urea groups is 1. The molecule has 3 aromatic rings. The predicted octanol–water partition coefficient (Wildman–Crippen LogP) is 3.99. The molecule has 0 spiro atoms. The molecule has 0 bridgehead atoms. The average Bonchev–Trinajstić information content (AvgIpc) is 2.72. The van der Waals surface area contributed by atoms with Gasteiger partial charge < -0.3 is 20.9 Å². The lowest BCUT2D eigenvalue weighted by atomic mass is 10.2. The Morgan fingerprint density at radius 3 is 3.00 bits per heavy atom. The van der Waals surface area contributed by atoms with Crippen molar-refractivity contribution in [2.45, 2.75) is 13.0 Å². The molecular weight excluding hydrogens is 395 g/mol. The molecule has 1 aromatic heterocycles. The number of carbonyl (C=O) groups is 1. The first kappa shape index (κ1) is 19.4. The van der Waals surface area contributed by atoms with E-state index in [1.54, 1.807) is 35.2 Å². The molecule has 1 saturated heterocycles. The van der Waals surface area contributed by atoms with Crippen molar-refractivity contribution in [1.82, 2.24) is 20.2 Å². The van der Waals surface area contributed by atoms with Crippen LogP contribution in [0.25, 0.3) is 10.9 Å². The van der Waals surface area contributed by atoms with Gasteiger partial charge in [0.2, 0.25) is 0 Å². The lowest BCUT2D eigenvalue weighted by molar-refractivity contribution is 0.177. The van der Waals surface area contributed by atoms with E-state index in [0.717, 1.165) is 13.1 Å². The number of amides is 2. The molecule has 1 aliphatic heterocycles. The van der Waals surface area contributed by atoms with E-state index in [2.05, 4.69) is 25.9 Å². The minimum absolute atomic E-state index is 0.0199. The molecule has 150 valence electrons. The lowest BCUT2D eigenvalue weighted by Gasteiger charge is -2.33. The Morgan fingerprint density at radius 1 is 1.31 bits per heavy atom. The van der Waals surface area contributed by atoms with E-state index in [0.29, 0.717) is 29.0 Å². The summed E-state index contributed by atoms with van der Waals surface area (Å²) < 4.78 is 14.3. The molecule has 2 aromatic carbocycles. The smallest absolute Gasteiger partial charge is 0.322 e. The third-order valence-electron chi connectivity index (χ3n) is 4.85. The van der Waals surface area contributed by atoms with Crippen LogP contribution in [-0.2, 0) is 0 Å². The van der Waals surface area contributed by atoms with Gasteiger partial charge in [-0.3, -0.25) is 0 Å². The van der Waals surface area contributed by atoms with Gasteiger partial charge in [0.05, 0.1) is 16.2 Å². The van der Waals surface area contributed by atoms with E-state index >= 15 is 0 Å². The van der Waals surface area contributed by atoms with Crippen LogP contribution < -0.4 is 16.0 Å². The number of fused-ring (bicyclic) bond motifs is 1. The average molecular weight is 415 g/mol. The molecule has 0 saturated carbocycles. The SMILES string of the molecule is C[C@@H]1CNCCN1C(=O)Nc1ccc2ncnc(Nc3cccc(Cl)c3F)c2c1. The van der Waals surface area contributed by atoms with Crippen LogP contribution in [0.15, 0.2) is 42.7 Å². The van der Waals surface area contributed by atoms with E-state index in [4.69, 9.17) is 11.6 Å². The number of nitrogens with zero attached hydrogens (tertiary/aromatic N) is 3. The molecule has 1 atom stereocenters. The second-order valence-corrected chi connectivity index (χ2v) is 7.26. The number of hydrogen-bond donors (Lipinski definition) is 3. The molecule has 0 radical (unpaired) electrons. The Balaban J connectivity index is 1.62. The van der Waals surface area contributed by atoms with Gasteiger partial charge in [0.15, 0.2) is 5.82 Å². The zero-order valence-electron chi connectivity index (χ0n) is 15.7. The first-order valence-electron chi connectivity index (χ1n) is 9.27. The highest BCUT2D eigenvalue weighted by Gasteiger charge is 2.23. The molecule has 9 heteroatoms.